The van der Waals surface area contributed by atoms with Gasteiger partial charge in [-0.05, 0) is 25.1 Å². The minimum atomic E-state index is 0.0814. The van der Waals surface area contributed by atoms with Gasteiger partial charge in [0, 0.05) is 25.2 Å². The maximum Gasteiger partial charge on any atom is 0.254 e. The zero-order chi connectivity index (χ0) is 12.3. The van der Waals surface area contributed by atoms with Crippen LogP contribution in [-0.2, 0) is 0 Å². The molecule has 0 saturated carbocycles. The highest BCUT2D eigenvalue weighted by Crippen LogP contribution is 2.16. The molecule has 92 valence electrons. The molecule has 0 spiro atoms. The summed E-state index contributed by atoms with van der Waals surface area (Å²) in [5, 5.41) is 3.19. The summed E-state index contributed by atoms with van der Waals surface area (Å²) >= 11 is 0. The maximum absolute atomic E-state index is 12.3. The first-order valence-corrected chi connectivity index (χ1v) is 5.92. The Bertz CT molecular complexity index is 402. The number of nitrogens with one attached hydrogen (secondary N) is 1. The number of methoxy groups -OCH3 is 1. The van der Waals surface area contributed by atoms with E-state index in [4.69, 9.17) is 4.74 Å². The van der Waals surface area contributed by atoms with Crippen LogP contribution in [0.5, 0.6) is 5.75 Å². The SMILES string of the molecule is CCN(C(=O)c1cccc(OC)c1)C1CNC1. The van der Waals surface area contributed by atoms with E-state index >= 15 is 0 Å². The number of ether oxygens (including phenoxy) is 1. The summed E-state index contributed by atoms with van der Waals surface area (Å²) in [6.07, 6.45) is 0. The lowest BCUT2D eigenvalue weighted by atomic mass is 10.1. The molecule has 1 saturated heterocycles. The van der Waals surface area contributed by atoms with E-state index in [0.717, 1.165) is 25.4 Å². The van der Waals surface area contributed by atoms with Gasteiger partial charge in [0.15, 0.2) is 0 Å². The van der Waals surface area contributed by atoms with Crippen molar-refractivity contribution < 1.29 is 9.53 Å². The van der Waals surface area contributed by atoms with Crippen LogP contribution in [0, 0.1) is 0 Å². The predicted octanol–water partition coefficient (Wildman–Crippen LogP) is 1.13. The quantitative estimate of drug-likeness (QED) is 0.849. The summed E-state index contributed by atoms with van der Waals surface area (Å²) in [6.45, 7) is 4.53. The fraction of sp³-hybridized carbons (Fsp3) is 0.462. The van der Waals surface area contributed by atoms with Gasteiger partial charge < -0.3 is 15.0 Å². The Balaban J connectivity index is 2.16. The molecule has 1 aliphatic rings. The fourth-order valence-corrected chi connectivity index (χ4v) is 1.98. The lowest BCUT2D eigenvalue weighted by molar-refractivity contribution is 0.0630. The predicted molar refractivity (Wildman–Crippen MR) is 66.4 cm³/mol. The number of benzene rings is 1. The number of carbonyl (C=O) groups excluding carboxylic acids is 1. The largest absolute Gasteiger partial charge is 0.497 e. The minimum absolute atomic E-state index is 0.0814. The molecule has 0 radical (unpaired) electrons. The molecule has 0 aliphatic carbocycles. The Hall–Kier alpha value is -1.55. The van der Waals surface area contributed by atoms with E-state index in [9.17, 15) is 4.79 Å². The van der Waals surface area contributed by atoms with Gasteiger partial charge in [-0.2, -0.15) is 0 Å². The first kappa shape index (κ1) is 11.9. The summed E-state index contributed by atoms with van der Waals surface area (Å²) in [5.41, 5.74) is 0.693. The second-order valence-electron chi connectivity index (χ2n) is 4.14. The Labute approximate surface area is 102 Å². The van der Waals surface area contributed by atoms with Crippen molar-refractivity contribution in [3.05, 3.63) is 29.8 Å². The van der Waals surface area contributed by atoms with Crippen LogP contribution in [0.1, 0.15) is 17.3 Å². The van der Waals surface area contributed by atoms with Crippen LogP contribution in [0.3, 0.4) is 0 Å². The van der Waals surface area contributed by atoms with Gasteiger partial charge >= 0.3 is 0 Å². The topological polar surface area (TPSA) is 41.6 Å². The highest BCUT2D eigenvalue weighted by atomic mass is 16.5. The molecule has 1 N–H and O–H groups in total. The minimum Gasteiger partial charge on any atom is -0.497 e. The highest BCUT2D eigenvalue weighted by molar-refractivity contribution is 5.94. The normalized spacial score (nSPS) is 15.2. The number of hydrogen-bond acceptors (Lipinski definition) is 3. The number of rotatable bonds is 4. The summed E-state index contributed by atoms with van der Waals surface area (Å²) in [4.78, 5) is 14.2. The van der Waals surface area contributed by atoms with E-state index in [1.807, 2.05) is 30.0 Å². The van der Waals surface area contributed by atoms with E-state index in [1.165, 1.54) is 0 Å². The second-order valence-corrected chi connectivity index (χ2v) is 4.14. The Morgan fingerprint density at radius 3 is 2.82 bits per heavy atom. The van der Waals surface area contributed by atoms with Crippen molar-refractivity contribution >= 4 is 5.91 Å². The van der Waals surface area contributed by atoms with Crippen molar-refractivity contribution in [3.8, 4) is 5.75 Å². The van der Waals surface area contributed by atoms with Gasteiger partial charge in [0.25, 0.3) is 5.91 Å². The molecule has 17 heavy (non-hydrogen) atoms. The average molecular weight is 234 g/mol. The lowest BCUT2D eigenvalue weighted by Crippen LogP contribution is -2.58. The molecule has 1 amide bonds. The van der Waals surface area contributed by atoms with E-state index in [1.54, 1.807) is 13.2 Å². The first-order chi connectivity index (χ1) is 8.26. The molecule has 1 aromatic rings. The smallest absolute Gasteiger partial charge is 0.254 e. The number of amides is 1. The molecular formula is C13H18N2O2. The molecule has 0 unspecified atom stereocenters. The summed E-state index contributed by atoms with van der Waals surface area (Å²) < 4.78 is 5.14. The van der Waals surface area contributed by atoms with Gasteiger partial charge in [0.05, 0.1) is 13.2 Å². The van der Waals surface area contributed by atoms with Gasteiger partial charge in [-0.25, -0.2) is 0 Å². The molecule has 4 heteroatoms. The molecular weight excluding hydrogens is 216 g/mol. The van der Waals surface area contributed by atoms with Crippen molar-refractivity contribution in [3.63, 3.8) is 0 Å². The van der Waals surface area contributed by atoms with Crippen LogP contribution < -0.4 is 10.1 Å². The molecule has 0 aromatic heterocycles. The van der Waals surface area contributed by atoms with Crippen molar-refractivity contribution in [2.45, 2.75) is 13.0 Å². The van der Waals surface area contributed by atoms with Gasteiger partial charge in [0.2, 0.25) is 0 Å². The third kappa shape index (κ3) is 2.42. The van der Waals surface area contributed by atoms with Crippen LogP contribution in [0.2, 0.25) is 0 Å². The molecule has 1 aliphatic heterocycles. The van der Waals surface area contributed by atoms with Crippen LogP contribution in [0.25, 0.3) is 0 Å². The number of hydrogen-bond donors (Lipinski definition) is 1. The van der Waals surface area contributed by atoms with Crippen molar-refractivity contribution in [2.24, 2.45) is 0 Å². The summed E-state index contributed by atoms with van der Waals surface area (Å²) in [6, 6.07) is 7.65. The van der Waals surface area contributed by atoms with Crippen LogP contribution in [0.4, 0.5) is 0 Å². The van der Waals surface area contributed by atoms with Crippen LogP contribution in [-0.4, -0.2) is 43.6 Å². The average Bonchev–Trinajstić information content (AvgIpc) is 2.32. The van der Waals surface area contributed by atoms with Crippen LogP contribution >= 0.6 is 0 Å². The molecule has 0 atom stereocenters. The van der Waals surface area contributed by atoms with Gasteiger partial charge in [0.1, 0.15) is 5.75 Å². The van der Waals surface area contributed by atoms with E-state index in [0.29, 0.717) is 11.6 Å². The molecule has 1 aromatic carbocycles. The molecule has 2 rings (SSSR count). The fourth-order valence-electron chi connectivity index (χ4n) is 1.98. The number of likely N-dealkylation sites (N-methyl/N-ethyl adjacent to an activating group) is 1. The van der Waals surface area contributed by atoms with E-state index in [2.05, 4.69) is 5.32 Å². The summed E-state index contributed by atoms with van der Waals surface area (Å²) in [7, 11) is 1.61. The van der Waals surface area contributed by atoms with Gasteiger partial charge in [-0.15, -0.1) is 0 Å². The highest BCUT2D eigenvalue weighted by Gasteiger charge is 2.27. The van der Waals surface area contributed by atoms with E-state index in [-0.39, 0.29) is 5.91 Å². The monoisotopic (exact) mass is 234 g/mol. The number of carbonyl (C=O) groups is 1. The summed E-state index contributed by atoms with van der Waals surface area (Å²) in [5.74, 6) is 0.802. The first-order valence-electron chi connectivity index (χ1n) is 5.92. The second kappa shape index (κ2) is 5.19. The molecule has 1 fully saturated rings. The van der Waals surface area contributed by atoms with Gasteiger partial charge in [-0.3, -0.25) is 4.79 Å². The molecule has 1 heterocycles. The molecule has 0 bridgehead atoms. The lowest BCUT2D eigenvalue weighted by Gasteiger charge is -2.37. The van der Waals surface area contributed by atoms with E-state index < -0.39 is 0 Å². The van der Waals surface area contributed by atoms with Crippen LogP contribution in [0.15, 0.2) is 24.3 Å². The van der Waals surface area contributed by atoms with Crippen molar-refractivity contribution in [1.82, 2.24) is 10.2 Å². The Kier molecular flexibility index (Phi) is 3.64. The number of nitrogens with zero attached hydrogens (tertiary/aromatic N) is 1. The van der Waals surface area contributed by atoms with Gasteiger partial charge in [-0.1, -0.05) is 6.07 Å². The third-order valence-corrected chi connectivity index (χ3v) is 3.12. The third-order valence-electron chi connectivity index (χ3n) is 3.12. The maximum atomic E-state index is 12.3. The molecule has 4 nitrogen and oxygen atoms in total. The Morgan fingerprint density at radius 1 is 1.53 bits per heavy atom. The van der Waals surface area contributed by atoms with Crippen molar-refractivity contribution in [1.29, 1.82) is 0 Å². The standard InChI is InChI=1S/C13H18N2O2/c1-3-15(11-8-14-9-11)13(16)10-5-4-6-12(7-10)17-2/h4-7,11,14H,3,8-9H2,1-2H3. The van der Waals surface area contributed by atoms with Crippen molar-refractivity contribution in [2.75, 3.05) is 26.7 Å². The Morgan fingerprint density at radius 2 is 2.29 bits per heavy atom. The zero-order valence-electron chi connectivity index (χ0n) is 10.3. The zero-order valence-corrected chi connectivity index (χ0v) is 10.3.